The van der Waals surface area contributed by atoms with Crippen molar-refractivity contribution in [2.24, 2.45) is 0 Å². The monoisotopic (exact) mass is 963 g/mol. The van der Waals surface area contributed by atoms with E-state index >= 15 is 0 Å². The highest BCUT2D eigenvalue weighted by Gasteiger charge is 2.27. The van der Waals surface area contributed by atoms with Crippen LogP contribution in [0.15, 0.2) is 146 Å². The van der Waals surface area contributed by atoms with Gasteiger partial charge in [-0.1, -0.05) is 179 Å². The Labute approximate surface area is 414 Å². The second-order valence-corrected chi connectivity index (χ2v) is 18.9. The zero-order chi connectivity index (χ0) is 49.9. The van der Waals surface area contributed by atoms with Gasteiger partial charge in [-0.2, -0.15) is 0 Å². The molecule has 10 heteroatoms. The maximum absolute atomic E-state index is 12.7. The molecule has 0 amide bonds. The molecule has 2 atom stereocenters. The minimum atomic E-state index is -4.42. The molecular weight excluding hydrogens is 870 g/mol. The second-order valence-electron chi connectivity index (χ2n) is 17.4. The lowest BCUT2D eigenvalue weighted by atomic mass is 10.1. The quantitative estimate of drug-likeness (QED) is 0.0211. The van der Waals surface area contributed by atoms with Crippen LogP contribution in [-0.2, 0) is 32.7 Å². The summed E-state index contributed by atoms with van der Waals surface area (Å²) in [6.45, 7) is 4.07. The summed E-state index contributed by atoms with van der Waals surface area (Å²) in [5, 5.41) is 0. The molecule has 0 heterocycles. The number of carbonyl (C=O) groups is 2. The molecule has 0 saturated carbocycles. The first-order valence-electron chi connectivity index (χ1n) is 25.6. The van der Waals surface area contributed by atoms with Crippen molar-refractivity contribution >= 4 is 19.8 Å². The molecule has 0 spiro atoms. The number of ether oxygens (including phenoxy) is 2. The maximum atomic E-state index is 12.7. The van der Waals surface area contributed by atoms with E-state index in [-0.39, 0.29) is 26.1 Å². The van der Waals surface area contributed by atoms with Gasteiger partial charge in [-0.15, -0.1) is 0 Å². The van der Waals surface area contributed by atoms with Gasteiger partial charge in [0.1, 0.15) is 19.8 Å². The molecule has 0 saturated heterocycles. The molecule has 0 aliphatic carbocycles. The van der Waals surface area contributed by atoms with Crippen molar-refractivity contribution in [1.29, 1.82) is 0 Å². The van der Waals surface area contributed by atoms with E-state index in [0.29, 0.717) is 30.3 Å². The Morgan fingerprint density at radius 1 is 0.456 bits per heavy atom. The van der Waals surface area contributed by atoms with Gasteiger partial charge >= 0.3 is 19.8 Å². The van der Waals surface area contributed by atoms with Crippen LogP contribution in [0.5, 0.6) is 0 Å². The summed E-state index contributed by atoms with van der Waals surface area (Å²) in [5.41, 5.74) is 0. The highest BCUT2D eigenvalue weighted by molar-refractivity contribution is 7.47. The van der Waals surface area contributed by atoms with E-state index in [0.717, 1.165) is 109 Å². The molecule has 68 heavy (non-hydrogen) atoms. The summed E-state index contributed by atoms with van der Waals surface area (Å²) in [7, 11) is 1.40. The Bertz CT molecular complexity index is 1650. The van der Waals surface area contributed by atoms with E-state index in [1.54, 1.807) is 0 Å². The number of carbonyl (C=O) groups excluding carboxylic acids is 2. The molecule has 0 aliphatic rings. The molecule has 382 valence electrons. The molecule has 0 radical (unpaired) electrons. The molecule has 0 bridgehead atoms. The van der Waals surface area contributed by atoms with E-state index in [9.17, 15) is 19.0 Å². The average Bonchev–Trinajstić information content (AvgIpc) is 3.30. The van der Waals surface area contributed by atoms with Crippen molar-refractivity contribution in [3.63, 3.8) is 0 Å². The molecule has 0 rings (SSSR count). The number of hydrogen-bond donors (Lipinski definition) is 1. The number of rotatable bonds is 44. The highest BCUT2D eigenvalue weighted by atomic mass is 31.2. The van der Waals surface area contributed by atoms with Crippen LogP contribution in [0, 0.1) is 0 Å². The van der Waals surface area contributed by atoms with E-state index < -0.39 is 32.5 Å². The Balaban J connectivity index is 4.46. The summed E-state index contributed by atoms with van der Waals surface area (Å²) in [5.74, 6) is -0.906. The van der Waals surface area contributed by atoms with Gasteiger partial charge in [0.15, 0.2) is 6.10 Å². The lowest BCUT2D eigenvalue weighted by Gasteiger charge is -2.24. The third-order valence-electron chi connectivity index (χ3n) is 9.86. The predicted molar refractivity (Wildman–Crippen MR) is 288 cm³/mol. The average molecular weight is 963 g/mol. The number of likely N-dealkylation sites (N-methyl/N-ethyl adjacent to an activating group) is 1. The van der Waals surface area contributed by atoms with Crippen molar-refractivity contribution in [1.82, 2.24) is 0 Å². The van der Waals surface area contributed by atoms with E-state index in [4.69, 9.17) is 18.5 Å². The van der Waals surface area contributed by atoms with E-state index in [2.05, 4.69) is 154 Å². The summed E-state index contributed by atoms with van der Waals surface area (Å²) in [6.07, 6.45) is 70.5. The number of esters is 2. The Kier molecular flexibility index (Phi) is 45.0. The SMILES string of the molecule is CC/C=C\C/C=C\C/C=C\C/C=C\C/C=C\C/C=C\C/C=C\CCCC(=O)OC(COC(=O)CCCCCCC/C=C\C/C=C\C/C=C\C/C=C\C/C=C\CC)COP(=O)(O)OCC[N+](C)(C)C. The zero-order valence-electron chi connectivity index (χ0n) is 43.0. The molecule has 0 aromatic heterocycles. The smallest absolute Gasteiger partial charge is 0.462 e. The Morgan fingerprint density at radius 2 is 0.809 bits per heavy atom. The number of allylic oxidation sites excluding steroid dienone is 24. The van der Waals surface area contributed by atoms with Crippen LogP contribution >= 0.6 is 7.82 Å². The van der Waals surface area contributed by atoms with Crippen molar-refractivity contribution in [2.45, 2.75) is 161 Å². The van der Waals surface area contributed by atoms with Gasteiger partial charge in [0.2, 0.25) is 0 Å². The summed E-state index contributed by atoms with van der Waals surface area (Å²) < 4.78 is 34.4. The van der Waals surface area contributed by atoms with Crippen LogP contribution in [0.3, 0.4) is 0 Å². The zero-order valence-corrected chi connectivity index (χ0v) is 43.9. The fraction of sp³-hybridized carbons (Fsp3) is 0.552. The van der Waals surface area contributed by atoms with Crippen LogP contribution in [0.25, 0.3) is 0 Å². The van der Waals surface area contributed by atoms with E-state index in [1.165, 1.54) is 0 Å². The topological polar surface area (TPSA) is 108 Å². The normalized spacial score (nSPS) is 14.6. The minimum Gasteiger partial charge on any atom is -0.462 e. The lowest BCUT2D eigenvalue weighted by molar-refractivity contribution is -0.870. The molecular formula is C58H93NO8P+. The fourth-order valence-corrected chi connectivity index (χ4v) is 6.71. The molecule has 2 unspecified atom stereocenters. The van der Waals surface area contributed by atoms with Gasteiger partial charge in [-0.25, -0.2) is 4.57 Å². The maximum Gasteiger partial charge on any atom is 0.472 e. The third-order valence-corrected chi connectivity index (χ3v) is 10.8. The van der Waals surface area contributed by atoms with Crippen molar-refractivity contribution in [2.75, 3.05) is 47.5 Å². The fourth-order valence-electron chi connectivity index (χ4n) is 5.97. The first-order valence-corrected chi connectivity index (χ1v) is 27.1. The molecule has 0 fully saturated rings. The number of phosphoric acid groups is 1. The van der Waals surface area contributed by atoms with E-state index in [1.807, 2.05) is 27.2 Å². The van der Waals surface area contributed by atoms with Gasteiger partial charge in [0.05, 0.1) is 27.7 Å². The van der Waals surface area contributed by atoms with Gasteiger partial charge in [0, 0.05) is 12.8 Å². The van der Waals surface area contributed by atoms with Crippen LogP contribution in [-0.4, -0.2) is 74.9 Å². The van der Waals surface area contributed by atoms with Gasteiger partial charge in [-0.3, -0.25) is 18.6 Å². The number of nitrogens with zero attached hydrogens (tertiary/aromatic N) is 1. The van der Waals surface area contributed by atoms with Crippen LogP contribution in [0.2, 0.25) is 0 Å². The highest BCUT2D eigenvalue weighted by Crippen LogP contribution is 2.43. The van der Waals surface area contributed by atoms with Crippen molar-refractivity contribution in [3.05, 3.63) is 146 Å². The van der Waals surface area contributed by atoms with Gasteiger partial charge in [0.25, 0.3) is 0 Å². The lowest BCUT2D eigenvalue weighted by Crippen LogP contribution is -2.37. The third kappa shape index (κ3) is 51.3. The Morgan fingerprint density at radius 3 is 1.22 bits per heavy atom. The van der Waals surface area contributed by atoms with Crippen LogP contribution < -0.4 is 0 Å². The van der Waals surface area contributed by atoms with Crippen LogP contribution in [0.1, 0.15) is 155 Å². The van der Waals surface area contributed by atoms with Crippen molar-refractivity contribution < 1.29 is 42.1 Å². The second kappa shape index (κ2) is 47.9. The minimum absolute atomic E-state index is 0.00765. The largest absolute Gasteiger partial charge is 0.472 e. The first-order chi connectivity index (χ1) is 33.0. The Hall–Kier alpha value is -4.11. The van der Waals surface area contributed by atoms with Gasteiger partial charge in [-0.05, 0) is 109 Å². The predicted octanol–water partition coefficient (Wildman–Crippen LogP) is 15.6. The van der Waals surface area contributed by atoms with Crippen LogP contribution in [0.4, 0.5) is 0 Å². The molecule has 1 N–H and O–H groups in total. The molecule has 0 aliphatic heterocycles. The van der Waals surface area contributed by atoms with Crippen molar-refractivity contribution in [3.8, 4) is 0 Å². The number of phosphoric ester groups is 1. The molecule has 9 nitrogen and oxygen atoms in total. The number of unbranched alkanes of at least 4 members (excludes halogenated alkanes) is 6. The first kappa shape index (κ1) is 63.9. The number of quaternary nitrogens is 1. The summed E-state index contributed by atoms with van der Waals surface area (Å²) >= 11 is 0. The molecule has 0 aromatic rings. The summed E-state index contributed by atoms with van der Waals surface area (Å²) in [6, 6.07) is 0. The molecule has 0 aromatic carbocycles. The van der Waals surface area contributed by atoms with Gasteiger partial charge < -0.3 is 18.9 Å². The standard InChI is InChI=1S/C58H92NO8P/c1-6-8-10-12-14-16-18-20-22-24-26-28-29-31-33-35-37-39-41-43-45-47-49-51-58(61)67-56(55-66-68(62,63)65-53-52-59(3,4)5)54-64-57(60)50-48-46-44-42-40-38-36-34-32-30-27-25-23-21-19-17-15-13-11-9-7-2/h8-11,14-17,20-23,26-28,30-31,33-34,36-37,39,43,45,56H,6-7,12-13,18-19,24-25,29,32,35,38,40-42,44,46-55H2,1-5H3/p+1/b10-8-,11-9-,16-14-,17-15-,22-20-,23-21-,28-26-,30-27-,33-31-,36-34-,39-37-,45-43-. The summed E-state index contributed by atoms with van der Waals surface area (Å²) in [4.78, 5) is 35.6. The number of hydrogen-bond acceptors (Lipinski definition) is 7.